The predicted octanol–water partition coefficient (Wildman–Crippen LogP) is 1.27. The van der Waals surface area contributed by atoms with Crippen LogP contribution in [0.4, 0.5) is 11.5 Å². The van der Waals surface area contributed by atoms with Gasteiger partial charge in [-0.05, 0) is 35.8 Å². The normalized spacial score (nSPS) is 15.6. The summed E-state index contributed by atoms with van der Waals surface area (Å²) in [5.74, 6) is 0.0627. The van der Waals surface area contributed by atoms with E-state index in [-0.39, 0.29) is 29.9 Å². The van der Waals surface area contributed by atoms with Crippen LogP contribution < -0.4 is 11.2 Å². The molecule has 0 aliphatic carbocycles. The first-order valence-corrected chi connectivity index (χ1v) is 8.52. The van der Waals surface area contributed by atoms with Crippen molar-refractivity contribution in [3.63, 3.8) is 0 Å². The molecule has 1 aromatic carbocycles. The maximum atomic E-state index is 12.3. The summed E-state index contributed by atoms with van der Waals surface area (Å²) < 4.78 is 5.98. The van der Waals surface area contributed by atoms with Crippen LogP contribution in [0, 0.1) is 6.92 Å². The molecular weight excluding hydrogens is 362 g/mol. The Balaban J connectivity index is 1.44. The molecule has 0 bridgehead atoms. The number of nitrogens with one attached hydrogen (secondary N) is 1. The number of para-hydroxylation sites is 1. The van der Waals surface area contributed by atoms with Gasteiger partial charge in [-0.3, -0.25) is 9.79 Å². The number of hydrogen-bond donors (Lipinski definition) is 2. The molecule has 0 saturated heterocycles. The molecule has 3 heterocycles. The molecule has 11 heteroatoms. The highest BCUT2D eigenvalue weighted by Crippen LogP contribution is 2.33. The second-order valence-electron chi connectivity index (χ2n) is 6.29. The maximum Gasteiger partial charge on any atom is 0.243 e. The van der Waals surface area contributed by atoms with Gasteiger partial charge in [-0.2, -0.15) is 9.78 Å². The van der Waals surface area contributed by atoms with E-state index < -0.39 is 0 Å². The molecule has 1 atom stereocenters. The molecule has 0 fully saturated rings. The Bertz CT molecular complexity index is 1100. The Morgan fingerprint density at radius 3 is 2.96 bits per heavy atom. The summed E-state index contributed by atoms with van der Waals surface area (Å²) in [6.07, 6.45) is 2.04. The van der Waals surface area contributed by atoms with Crippen LogP contribution in [0.3, 0.4) is 0 Å². The van der Waals surface area contributed by atoms with Gasteiger partial charge in [-0.15, -0.1) is 5.10 Å². The average Bonchev–Trinajstić information content (AvgIpc) is 3.39. The minimum Gasteiger partial charge on any atom is -0.378 e. The lowest BCUT2D eigenvalue weighted by Gasteiger charge is -2.08. The van der Waals surface area contributed by atoms with Crippen LogP contribution in [0.1, 0.15) is 36.2 Å². The van der Waals surface area contributed by atoms with Crippen molar-refractivity contribution in [2.24, 2.45) is 10.1 Å². The number of anilines is 1. The van der Waals surface area contributed by atoms with Gasteiger partial charge in [0.2, 0.25) is 17.5 Å². The van der Waals surface area contributed by atoms with E-state index in [4.69, 9.17) is 5.73 Å². The molecule has 0 saturated carbocycles. The zero-order chi connectivity index (χ0) is 19.7. The number of benzene rings is 1. The molecule has 11 nitrogen and oxygen atoms in total. The van der Waals surface area contributed by atoms with Crippen molar-refractivity contribution in [3.05, 3.63) is 41.2 Å². The van der Waals surface area contributed by atoms with Gasteiger partial charge in [-0.25, -0.2) is 10.1 Å². The summed E-state index contributed by atoms with van der Waals surface area (Å²) in [5, 5.41) is 19.4. The van der Waals surface area contributed by atoms with Gasteiger partial charge in [0.1, 0.15) is 5.69 Å². The Labute approximate surface area is 159 Å². The number of hydrogen-bond acceptors (Lipinski definition) is 9. The number of rotatable bonds is 5. The largest absolute Gasteiger partial charge is 0.378 e. The summed E-state index contributed by atoms with van der Waals surface area (Å²) in [6.45, 7) is 3.49. The molecule has 142 valence electrons. The SMILES string of the molecule is CC(=NNC(=O)CC1C=Nc2ccccc21)c1nnn(-c2nonc2N)c1C. The van der Waals surface area contributed by atoms with Crippen molar-refractivity contribution in [2.75, 3.05) is 5.73 Å². The van der Waals surface area contributed by atoms with E-state index >= 15 is 0 Å². The Morgan fingerprint density at radius 2 is 2.18 bits per heavy atom. The van der Waals surface area contributed by atoms with Crippen molar-refractivity contribution in [1.82, 2.24) is 30.7 Å². The zero-order valence-corrected chi connectivity index (χ0v) is 15.2. The van der Waals surface area contributed by atoms with E-state index in [2.05, 4.69) is 40.8 Å². The third-order valence-electron chi connectivity index (χ3n) is 4.42. The summed E-state index contributed by atoms with van der Waals surface area (Å²) in [5.41, 5.74) is 11.8. The fourth-order valence-corrected chi connectivity index (χ4v) is 2.98. The van der Waals surface area contributed by atoms with E-state index in [0.717, 1.165) is 11.3 Å². The van der Waals surface area contributed by atoms with Crippen molar-refractivity contribution in [2.45, 2.75) is 26.2 Å². The second kappa shape index (κ2) is 7.02. The number of fused-ring (bicyclic) bond motifs is 1. The standard InChI is InChI=1S/C17H17N9O2/c1-9(15-10(2)26(25-22-15)17-16(18)23-28-24-17)20-21-14(27)7-11-8-19-13-6-4-3-5-12(11)13/h3-6,8,11H,7H2,1-2H3,(H2,18,23)(H,21,27). The van der Waals surface area contributed by atoms with Crippen molar-refractivity contribution in [1.29, 1.82) is 0 Å². The topological polar surface area (TPSA) is 149 Å². The smallest absolute Gasteiger partial charge is 0.243 e. The number of aliphatic imine (C=N–C) groups is 1. The summed E-state index contributed by atoms with van der Waals surface area (Å²) in [7, 11) is 0. The molecule has 3 aromatic rings. The van der Waals surface area contributed by atoms with Gasteiger partial charge in [-0.1, -0.05) is 23.4 Å². The van der Waals surface area contributed by atoms with E-state index in [0.29, 0.717) is 17.1 Å². The van der Waals surface area contributed by atoms with Crippen molar-refractivity contribution in [3.8, 4) is 5.82 Å². The average molecular weight is 379 g/mol. The first-order valence-electron chi connectivity index (χ1n) is 8.52. The van der Waals surface area contributed by atoms with E-state index in [1.165, 1.54) is 4.68 Å². The molecule has 2 aromatic heterocycles. The monoisotopic (exact) mass is 379 g/mol. The van der Waals surface area contributed by atoms with Gasteiger partial charge >= 0.3 is 0 Å². The van der Waals surface area contributed by atoms with Crippen LogP contribution in [0.2, 0.25) is 0 Å². The third-order valence-corrected chi connectivity index (χ3v) is 4.42. The molecule has 28 heavy (non-hydrogen) atoms. The molecule has 1 unspecified atom stereocenters. The Morgan fingerprint density at radius 1 is 1.36 bits per heavy atom. The number of amides is 1. The predicted molar refractivity (Wildman–Crippen MR) is 101 cm³/mol. The lowest BCUT2D eigenvalue weighted by atomic mass is 9.98. The Kier molecular flexibility index (Phi) is 4.39. The second-order valence-corrected chi connectivity index (χ2v) is 6.29. The van der Waals surface area contributed by atoms with Crippen molar-refractivity contribution < 1.29 is 9.42 Å². The summed E-state index contributed by atoms with van der Waals surface area (Å²) in [4.78, 5) is 16.6. The van der Waals surface area contributed by atoms with Gasteiger partial charge in [0, 0.05) is 18.6 Å². The fraction of sp³-hybridized carbons (Fsp3) is 0.235. The molecule has 1 amide bonds. The third kappa shape index (κ3) is 3.13. The van der Waals surface area contributed by atoms with Gasteiger partial charge in [0.25, 0.3) is 0 Å². The number of carbonyl (C=O) groups is 1. The number of nitrogen functional groups attached to an aromatic ring is 1. The van der Waals surface area contributed by atoms with Crippen LogP contribution in [0.25, 0.3) is 5.82 Å². The molecular formula is C17H17N9O2. The van der Waals surface area contributed by atoms with Gasteiger partial charge in [0.15, 0.2) is 0 Å². The lowest BCUT2D eigenvalue weighted by Crippen LogP contribution is -2.21. The first-order chi connectivity index (χ1) is 13.5. The summed E-state index contributed by atoms with van der Waals surface area (Å²) >= 11 is 0. The van der Waals surface area contributed by atoms with Crippen LogP contribution in [-0.2, 0) is 4.79 Å². The van der Waals surface area contributed by atoms with E-state index in [9.17, 15) is 4.79 Å². The van der Waals surface area contributed by atoms with Crippen LogP contribution in [0.15, 0.2) is 39.0 Å². The first kappa shape index (κ1) is 17.5. The van der Waals surface area contributed by atoms with Crippen LogP contribution in [-0.4, -0.2) is 43.1 Å². The van der Waals surface area contributed by atoms with Crippen molar-refractivity contribution >= 4 is 29.3 Å². The number of nitrogens with two attached hydrogens (primary N) is 1. The number of carbonyl (C=O) groups excluding carboxylic acids is 1. The molecule has 3 N–H and O–H groups in total. The zero-order valence-electron chi connectivity index (χ0n) is 15.2. The number of aromatic nitrogens is 5. The quantitative estimate of drug-likeness (QED) is 0.500. The highest BCUT2D eigenvalue weighted by Gasteiger charge is 2.21. The molecule has 0 spiro atoms. The number of nitrogens with zero attached hydrogens (tertiary/aromatic N) is 7. The van der Waals surface area contributed by atoms with Crippen LogP contribution in [0.5, 0.6) is 0 Å². The minimum atomic E-state index is -0.220. The Hall–Kier alpha value is -3.89. The molecule has 1 aliphatic rings. The molecule has 0 radical (unpaired) electrons. The minimum absolute atomic E-state index is 0.0584. The summed E-state index contributed by atoms with van der Waals surface area (Å²) in [6, 6.07) is 7.75. The highest BCUT2D eigenvalue weighted by molar-refractivity contribution is 5.98. The molecule has 4 rings (SSSR count). The van der Waals surface area contributed by atoms with E-state index in [1.54, 1.807) is 20.1 Å². The van der Waals surface area contributed by atoms with E-state index in [1.807, 2.05) is 24.3 Å². The van der Waals surface area contributed by atoms with Gasteiger partial charge in [0.05, 0.1) is 17.1 Å². The van der Waals surface area contributed by atoms with Crippen LogP contribution >= 0.6 is 0 Å². The maximum absolute atomic E-state index is 12.3. The van der Waals surface area contributed by atoms with Gasteiger partial charge < -0.3 is 5.73 Å². The highest BCUT2D eigenvalue weighted by atomic mass is 16.6. The molecule has 1 aliphatic heterocycles. The number of hydrazone groups is 1. The lowest BCUT2D eigenvalue weighted by molar-refractivity contribution is -0.121. The fourth-order valence-electron chi connectivity index (χ4n) is 2.98.